The van der Waals surface area contributed by atoms with Crippen molar-refractivity contribution in [1.29, 1.82) is 0 Å². The third-order valence-corrected chi connectivity index (χ3v) is 4.92. The Morgan fingerprint density at radius 2 is 1.96 bits per heavy atom. The van der Waals surface area contributed by atoms with E-state index < -0.39 is 0 Å². The second-order valence-electron chi connectivity index (χ2n) is 5.77. The molecule has 0 amide bonds. The molecule has 2 rings (SSSR count). The van der Waals surface area contributed by atoms with Crippen LogP contribution in [0.1, 0.15) is 44.9 Å². The van der Waals surface area contributed by atoms with Crippen molar-refractivity contribution in [3.63, 3.8) is 0 Å². The molecule has 0 saturated heterocycles. The molecule has 1 heterocycles. The van der Waals surface area contributed by atoms with E-state index in [1.807, 2.05) is 6.92 Å². The lowest BCUT2D eigenvalue weighted by Gasteiger charge is -2.19. The molecule has 0 fully saturated rings. The highest BCUT2D eigenvalue weighted by molar-refractivity contribution is 7.80. The average molecular weight is 363 g/mol. The standard InChI is InChI=1S/C18H22N2O2S2/c1-10-6-7-11(2)14(8-10)13(4)19-18(23)20-16-15(17(21)22-5)9-12(3)24-16/h6-9,13H,1-5H3,(H2,19,20,23). The lowest BCUT2D eigenvalue weighted by atomic mass is 10.0. The van der Waals surface area contributed by atoms with Crippen LogP contribution < -0.4 is 10.6 Å². The summed E-state index contributed by atoms with van der Waals surface area (Å²) in [5.41, 5.74) is 4.13. The van der Waals surface area contributed by atoms with Gasteiger partial charge in [-0.05, 0) is 57.1 Å². The number of carbonyl (C=O) groups is 1. The molecule has 0 bridgehead atoms. The van der Waals surface area contributed by atoms with Crippen LogP contribution in [0.3, 0.4) is 0 Å². The van der Waals surface area contributed by atoms with Gasteiger partial charge in [0.05, 0.1) is 18.7 Å². The van der Waals surface area contributed by atoms with E-state index >= 15 is 0 Å². The van der Waals surface area contributed by atoms with Crippen LogP contribution in [0.25, 0.3) is 0 Å². The summed E-state index contributed by atoms with van der Waals surface area (Å²) in [6.45, 7) is 8.17. The number of benzene rings is 1. The summed E-state index contributed by atoms with van der Waals surface area (Å²) in [7, 11) is 1.37. The molecule has 0 radical (unpaired) electrons. The highest BCUT2D eigenvalue weighted by Gasteiger charge is 2.17. The fourth-order valence-electron chi connectivity index (χ4n) is 2.51. The highest BCUT2D eigenvalue weighted by Crippen LogP contribution is 2.28. The molecule has 0 saturated carbocycles. The molecule has 1 aromatic heterocycles. The average Bonchev–Trinajstić information content (AvgIpc) is 2.89. The van der Waals surface area contributed by atoms with Gasteiger partial charge in [0, 0.05) is 4.88 Å². The normalized spacial score (nSPS) is 11.7. The molecule has 2 N–H and O–H groups in total. The van der Waals surface area contributed by atoms with Crippen molar-refractivity contribution in [3.8, 4) is 0 Å². The third kappa shape index (κ3) is 4.33. The monoisotopic (exact) mass is 362 g/mol. The highest BCUT2D eigenvalue weighted by atomic mass is 32.1. The lowest BCUT2D eigenvalue weighted by molar-refractivity contribution is 0.0602. The van der Waals surface area contributed by atoms with Gasteiger partial charge >= 0.3 is 5.97 Å². The molecule has 1 aromatic carbocycles. The Balaban J connectivity index is 2.11. The predicted molar refractivity (Wildman–Crippen MR) is 104 cm³/mol. The van der Waals surface area contributed by atoms with Gasteiger partial charge < -0.3 is 15.4 Å². The van der Waals surface area contributed by atoms with Crippen LogP contribution in [0.4, 0.5) is 5.00 Å². The van der Waals surface area contributed by atoms with Crippen LogP contribution in [-0.2, 0) is 4.74 Å². The Bertz CT molecular complexity index is 768. The number of carbonyl (C=O) groups excluding carboxylic acids is 1. The smallest absolute Gasteiger partial charge is 0.340 e. The van der Waals surface area contributed by atoms with Crippen molar-refractivity contribution in [1.82, 2.24) is 5.32 Å². The summed E-state index contributed by atoms with van der Waals surface area (Å²) in [5, 5.41) is 7.58. The number of ether oxygens (including phenoxy) is 1. The molecular formula is C18H22N2O2S2. The molecule has 24 heavy (non-hydrogen) atoms. The Kier molecular flexibility index (Phi) is 5.96. The first-order valence-corrected chi connectivity index (χ1v) is 8.87. The van der Waals surface area contributed by atoms with Crippen LogP contribution in [0.5, 0.6) is 0 Å². The maximum Gasteiger partial charge on any atom is 0.340 e. The molecule has 0 aliphatic heterocycles. The van der Waals surface area contributed by atoms with Crippen molar-refractivity contribution in [2.45, 2.75) is 33.7 Å². The molecule has 4 nitrogen and oxygen atoms in total. The first-order chi connectivity index (χ1) is 11.3. The SMILES string of the molecule is COC(=O)c1cc(C)sc1NC(=S)NC(C)c1cc(C)ccc1C. The maximum absolute atomic E-state index is 11.8. The predicted octanol–water partition coefficient (Wildman–Crippen LogP) is 4.51. The topological polar surface area (TPSA) is 50.4 Å². The van der Waals surface area contributed by atoms with Gasteiger partial charge in [0.2, 0.25) is 0 Å². The van der Waals surface area contributed by atoms with Gasteiger partial charge in [-0.2, -0.15) is 0 Å². The number of rotatable bonds is 4. The van der Waals surface area contributed by atoms with E-state index in [1.165, 1.54) is 35.1 Å². The quantitative estimate of drug-likeness (QED) is 0.619. The van der Waals surface area contributed by atoms with Gasteiger partial charge in [-0.25, -0.2) is 4.79 Å². The summed E-state index contributed by atoms with van der Waals surface area (Å²) in [4.78, 5) is 12.9. The number of anilines is 1. The Hall–Kier alpha value is -1.92. The molecule has 0 aliphatic rings. The van der Waals surface area contributed by atoms with Crippen molar-refractivity contribution < 1.29 is 9.53 Å². The molecule has 1 atom stereocenters. The van der Waals surface area contributed by atoms with Gasteiger partial charge in [-0.15, -0.1) is 11.3 Å². The van der Waals surface area contributed by atoms with Crippen LogP contribution in [0, 0.1) is 20.8 Å². The van der Waals surface area contributed by atoms with Gasteiger partial charge in [0.15, 0.2) is 5.11 Å². The molecule has 2 aromatic rings. The number of aryl methyl sites for hydroxylation is 3. The minimum atomic E-state index is -0.368. The number of hydrogen-bond donors (Lipinski definition) is 2. The molecule has 0 aliphatic carbocycles. The fraction of sp³-hybridized carbons (Fsp3) is 0.333. The minimum absolute atomic E-state index is 0.0625. The Morgan fingerprint density at radius 3 is 2.62 bits per heavy atom. The Labute approximate surface area is 152 Å². The molecular weight excluding hydrogens is 340 g/mol. The number of thiocarbonyl (C=S) groups is 1. The second kappa shape index (κ2) is 7.77. The number of methoxy groups -OCH3 is 1. The summed E-state index contributed by atoms with van der Waals surface area (Å²) in [6.07, 6.45) is 0. The summed E-state index contributed by atoms with van der Waals surface area (Å²) >= 11 is 6.89. The van der Waals surface area contributed by atoms with E-state index in [-0.39, 0.29) is 12.0 Å². The zero-order valence-corrected chi connectivity index (χ0v) is 16.2. The zero-order chi connectivity index (χ0) is 17.9. The largest absolute Gasteiger partial charge is 0.465 e. The van der Waals surface area contributed by atoms with Crippen molar-refractivity contribution in [2.75, 3.05) is 12.4 Å². The number of hydrogen-bond acceptors (Lipinski definition) is 4. The maximum atomic E-state index is 11.8. The van der Waals surface area contributed by atoms with E-state index in [9.17, 15) is 4.79 Å². The van der Waals surface area contributed by atoms with Crippen LogP contribution in [-0.4, -0.2) is 18.2 Å². The van der Waals surface area contributed by atoms with Gasteiger partial charge in [-0.3, -0.25) is 0 Å². The summed E-state index contributed by atoms with van der Waals surface area (Å²) in [5.74, 6) is -0.368. The minimum Gasteiger partial charge on any atom is -0.465 e. The molecule has 0 spiro atoms. The number of thiophene rings is 1. The van der Waals surface area contributed by atoms with E-state index in [1.54, 1.807) is 6.07 Å². The van der Waals surface area contributed by atoms with Crippen molar-refractivity contribution in [3.05, 3.63) is 51.4 Å². The number of nitrogens with one attached hydrogen (secondary N) is 2. The fourth-order valence-corrected chi connectivity index (χ4v) is 3.76. The second-order valence-corrected chi connectivity index (χ2v) is 7.44. The third-order valence-electron chi connectivity index (χ3n) is 3.74. The van der Waals surface area contributed by atoms with Crippen LogP contribution in [0.2, 0.25) is 0 Å². The van der Waals surface area contributed by atoms with E-state index in [0.29, 0.717) is 15.7 Å². The van der Waals surface area contributed by atoms with E-state index in [2.05, 4.69) is 49.6 Å². The van der Waals surface area contributed by atoms with Crippen LogP contribution in [0.15, 0.2) is 24.3 Å². The summed E-state index contributed by atoms with van der Waals surface area (Å²) < 4.78 is 4.82. The molecule has 6 heteroatoms. The molecule has 128 valence electrons. The van der Waals surface area contributed by atoms with Crippen molar-refractivity contribution >= 4 is 39.6 Å². The van der Waals surface area contributed by atoms with Crippen LogP contribution >= 0.6 is 23.6 Å². The van der Waals surface area contributed by atoms with E-state index in [4.69, 9.17) is 17.0 Å². The van der Waals surface area contributed by atoms with Gasteiger partial charge in [-0.1, -0.05) is 23.8 Å². The first-order valence-electron chi connectivity index (χ1n) is 7.65. The lowest BCUT2D eigenvalue weighted by Crippen LogP contribution is -2.31. The summed E-state index contributed by atoms with van der Waals surface area (Å²) in [6, 6.07) is 8.23. The zero-order valence-electron chi connectivity index (χ0n) is 14.5. The Morgan fingerprint density at radius 1 is 1.25 bits per heavy atom. The van der Waals surface area contributed by atoms with E-state index in [0.717, 1.165) is 4.88 Å². The van der Waals surface area contributed by atoms with Crippen molar-refractivity contribution in [2.24, 2.45) is 0 Å². The first kappa shape index (κ1) is 18.4. The van der Waals surface area contributed by atoms with Gasteiger partial charge in [0.1, 0.15) is 5.00 Å². The number of esters is 1. The van der Waals surface area contributed by atoms with Gasteiger partial charge in [0.25, 0.3) is 0 Å². The molecule has 1 unspecified atom stereocenters.